The lowest BCUT2D eigenvalue weighted by Gasteiger charge is -2.29. The molecule has 0 bridgehead atoms. The van der Waals surface area contributed by atoms with Crippen molar-refractivity contribution < 1.29 is 19.5 Å². The van der Waals surface area contributed by atoms with Crippen molar-refractivity contribution in [2.75, 3.05) is 18.2 Å². The summed E-state index contributed by atoms with van der Waals surface area (Å²) in [5.74, 6) is -0.0510. The third-order valence-corrected chi connectivity index (χ3v) is 5.39. The fraction of sp³-hybridized carbons (Fsp3) is 0.800. The highest BCUT2D eigenvalue weighted by Gasteiger charge is 2.38. The molecule has 0 radical (unpaired) electrons. The molecule has 1 unspecified atom stereocenters. The van der Waals surface area contributed by atoms with Crippen LogP contribution in [0.4, 0.5) is 0 Å². The highest BCUT2D eigenvalue weighted by Crippen LogP contribution is 2.27. The molecule has 6 nitrogen and oxygen atoms in total. The zero-order valence-electron chi connectivity index (χ0n) is 13.6. The second kappa shape index (κ2) is 8.41. The number of nitrogens with zero attached hydrogens (tertiary/aromatic N) is 1. The van der Waals surface area contributed by atoms with E-state index in [1.54, 1.807) is 16.7 Å². The Labute approximate surface area is 136 Å². The molecule has 0 spiro atoms. The third-order valence-electron chi connectivity index (χ3n) is 4.38. The molecule has 0 saturated carbocycles. The number of carboxylic acids is 1. The largest absolute Gasteiger partial charge is 0.481 e. The fourth-order valence-corrected chi connectivity index (χ4v) is 3.70. The SMILES string of the molecule is CCCC(=O)N1CSCC1C(=O)NCC(CC)(CC)C(=O)O. The maximum atomic E-state index is 12.4. The van der Waals surface area contributed by atoms with Gasteiger partial charge in [0.2, 0.25) is 11.8 Å². The molecule has 2 amide bonds. The first-order valence-electron chi connectivity index (χ1n) is 7.80. The van der Waals surface area contributed by atoms with Gasteiger partial charge in [-0.3, -0.25) is 14.4 Å². The van der Waals surface area contributed by atoms with E-state index in [-0.39, 0.29) is 18.4 Å². The molecule has 1 aliphatic heterocycles. The summed E-state index contributed by atoms with van der Waals surface area (Å²) >= 11 is 1.55. The quantitative estimate of drug-likeness (QED) is 0.707. The normalized spacial score (nSPS) is 18.3. The highest BCUT2D eigenvalue weighted by molar-refractivity contribution is 7.99. The van der Waals surface area contributed by atoms with Gasteiger partial charge in [0, 0.05) is 18.7 Å². The van der Waals surface area contributed by atoms with Gasteiger partial charge in [-0.15, -0.1) is 11.8 Å². The zero-order chi connectivity index (χ0) is 16.8. The number of carbonyl (C=O) groups is 3. The van der Waals surface area contributed by atoms with Gasteiger partial charge in [0.1, 0.15) is 6.04 Å². The van der Waals surface area contributed by atoms with E-state index in [9.17, 15) is 19.5 Å². The topological polar surface area (TPSA) is 86.7 Å². The van der Waals surface area contributed by atoms with Crippen LogP contribution >= 0.6 is 11.8 Å². The van der Waals surface area contributed by atoms with Crippen LogP contribution < -0.4 is 5.32 Å². The Hall–Kier alpha value is -1.24. The van der Waals surface area contributed by atoms with Crippen molar-refractivity contribution in [2.45, 2.75) is 52.5 Å². The van der Waals surface area contributed by atoms with Crippen molar-refractivity contribution >= 4 is 29.5 Å². The second-order valence-corrected chi connectivity index (χ2v) is 6.64. The Morgan fingerprint density at radius 1 is 1.27 bits per heavy atom. The zero-order valence-corrected chi connectivity index (χ0v) is 14.4. The molecule has 22 heavy (non-hydrogen) atoms. The van der Waals surface area contributed by atoms with E-state index in [4.69, 9.17) is 0 Å². The fourth-order valence-electron chi connectivity index (χ4n) is 2.52. The van der Waals surface area contributed by atoms with E-state index >= 15 is 0 Å². The average Bonchev–Trinajstić information content (AvgIpc) is 2.98. The van der Waals surface area contributed by atoms with Crippen molar-refractivity contribution in [3.05, 3.63) is 0 Å². The molecule has 126 valence electrons. The number of aliphatic carboxylic acids is 1. The van der Waals surface area contributed by atoms with Crippen molar-refractivity contribution in [3.8, 4) is 0 Å². The van der Waals surface area contributed by atoms with Crippen LogP contribution in [0.2, 0.25) is 0 Å². The molecule has 1 aliphatic rings. The number of amides is 2. The molecule has 1 rings (SSSR count). The van der Waals surface area contributed by atoms with Gasteiger partial charge in [-0.1, -0.05) is 20.8 Å². The summed E-state index contributed by atoms with van der Waals surface area (Å²) in [6.45, 7) is 5.66. The van der Waals surface area contributed by atoms with E-state index in [1.807, 2.05) is 20.8 Å². The standard InChI is InChI=1S/C15H26N2O4S/c1-4-7-12(18)17-10-22-8-11(17)13(19)16-9-15(5-2,6-3)14(20)21/h11H,4-10H2,1-3H3,(H,16,19)(H,20,21). The summed E-state index contributed by atoms with van der Waals surface area (Å²) in [5.41, 5.74) is -0.931. The molecule has 0 aromatic heterocycles. The van der Waals surface area contributed by atoms with Gasteiger partial charge in [0.15, 0.2) is 0 Å². The minimum absolute atomic E-state index is 0.0110. The maximum Gasteiger partial charge on any atom is 0.311 e. The lowest BCUT2D eigenvalue weighted by atomic mass is 9.82. The molecular formula is C15H26N2O4S. The van der Waals surface area contributed by atoms with E-state index in [0.717, 1.165) is 6.42 Å². The molecule has 7 heteroatoms. The number of hydrogen-bond acceptors (Lipinski definition) is 4. The van der Waals surface area contributed by atoms with E-state index in [1.165, 1.54) is 0 Å². The monoisotopic (exact) mass is 330 g/mol. The van der Waals surface area contributed by atoms with Gasteiger partial charge in [-0.05, 0) is 19.3 Å². The minimum atomic E-state index is -0.931. The average molecular weight is 330 g/mol. The highest BCUT2D eigenvalue weighted by atomic mass is 32.2. The van der Waals surface area contributed by atoms with Gasteiger partial charge < -0.3 is 15.3 Å². The summed E-state index contributed by atoms with van der Waals surface area (Å²) in [4.78, 5) is 37.4. The first-order chi connectivity index (χ1) is 10.4. The van der Waals surface area contributed by atoms with Crippen LogP contribution in [-0.4, -0.2) is 52.0 Å². The van der Waals surface area contributed by atoms with Crippen molar-refractivity contribution in [1.29, 1.82) is 0 Å². The number of rotatable bonds is 8. The summed E-state index contributed by atoms with van der Waals surface area (Å²) < 4.78 is 0. The van der Waals surface area contributed by atoms with Crippen LogP contribution in [0, 0.1) is 5.41 Å². The second-order valence-electron chi connectivity index (χ2n) is 5.64. The van der Waals surface area contributed by atoms with Crippen LogP contribution in [0.3, 0.4) is 0 Å². The Balaban J connectivity index is 2.68. The minimum Gasteiger partial charge on any atom is -0.481 e. The van der Waals surface area contributed by atoms with Crippen molar-refractivity contribution in [2.24, 2.45) is 5.41 Å². The number of thioether (sulfide) groups is 1. The van der Waals surface area contributed by atoms with E-state index in [2.05, 4.69) is 5.32 Å². The Morgan fingerprint density at radius 2 is 1.91 bits per heavy atom. The smallest absolute Gasteiger partial charge is 0.311 e. The van der Waals surface area contributed by atoms with Gasteiger partial charge in [-0.25, -0.2) is 0 Å². The Kier molecular flexibility index (Phi) is 7.19. The maximum absolute atomic E-state index is 12.4. The Morgan fingerprint density at radius 3 is 2.41 bits per heavy atom. The van der Waals surface area contributed by atoms with Crippen molar-refractivity contribution in [3.63, 3.8) is 0 Å². The molecule has 0 aromatic carbocycles. The van der Waals surface area contributed by atoms with Gasteiger partial charge in [0.05, 0.1) is 11.3 Å². The molecule has 1 fully saturated rings. The Bertz CT molecular complexity index is 424. The van der Waals surface area contributed by atoms with Crippen LogP contribution in [-0.2, 0) is 14.4 Å². The van der Waals surface area contributed by atoms with E-state index < -0.39 is 17.4 Å². The number of carbonyl (C=O) groups excluding carboxylic acids is 2. The molecule has 1 atom stereocenters. The number of carboxylic acid groups (broad SMARTS) is 1. The molecule has 0 aromatic rings. The van der Waals surface area contributed by atoms with Crippen LogP contribution in [0.25, 0.3) is 0 Å². The molecule has 1 saturated heterocycles. The predicted octanol–water partition coefficient (Wildman–Crippen LogP) is 1.70. The lowest BCUT2D eigenvalue weighted by Crippen LogP contribution is -2.50. The number of nitrogens with one attached hydrogen (secondary N) is 1. The molecule has 0 aliphatic carbocycles. The van der Waals surface area contributed by atoms with E-state index in [0.29, 0.717) is 30.9 Å². The molecule has 2 N–H and O–H groups in total. The van der Waals surface area contributed by atoms with Gasteiger partial charge in [0.25, 0.3) is 0 Å². The lowest BCUT2D eigenvalue weighted by molar-refractivity contribution is -0.150. The van der Waals surface area contributed by atoms with Gasteiger partial charge in [-0.2, -0.15) is 0 Å². The molecule has 1 heterocycles. The van der Waals surface area contributed by atoms with Crippen LogP contribution in [0.15, 0.2) is 0 Å². The predicted molar refractivity (Wildman–Crippen MR) is 86.5 cm³/mol. The summed E-state index contributed by atoms with van der Waals surface area (Å²) in [6.07, 6.45) is 2.10. The summed E-state index contributed by atoms with van der Waals surface area (Å²) in [6, 6.07) is -0.482. The summed E-state index contributed by atoms with van der Waals surface area (Å²) in [5, 5.41) is 12.1. The first kappa shape index (κ1) is 18.8. The van der Waals surface area contributed by atoms with Crippen LogP contribution in [0.1, 0.15) is 46.5 Å². The van der Waals surface area contributed by atoms with Crippen molar-refractivity contribution in [1.82, 2.24) is 10.2 Å². The first-order valence-corrected chi connectivity index (χ1v) is 8.95. The third kappa shape index (κ3) is 4.15. The van der Waals surface area contributed by atoms with Crippen LogP contribution in [0.5, 0.6) is 0 Å². The number of hydrogen-bond donors (Lipinski definition) is 2. The molecular weight excluding hydrogens is 304 g/mol. The van der Waals surface area contributed by atoms with Gasteiger partial charge >= 0.3 is 5.97 Å². The summed E-state index contributed by atoms with van der Waals surface area (Å²) in [7, 11) is 0.